The van der Waals surface area contributed by atoms with Gasteiger partial charge in [-0.3, -0.25) is 4.98 Å². The predicted octanol–water partition coefficient (Wildman–Crippen LogP) is 1.33. The Labute approximate surface area is 64.3 Å². The van der Waals surface area contributed by atoms with Crippen molar-refractivity contribution in [3.8, 4) is 11.3 Å². The lowest BCUT2D eigenvalue weighted by Gasteiger charge is -1.91. The standard InChI is InChI=1S/C6H5N3.ClH/c1-5-2-8-4-9-6(5)3-7-1;/h1-4H,(H,8,9);1H. The van der Waals surface area contributed by atoms with Crippen LogP contribution in [0.3, 0.4) is 0 Å². The first-order valence-corrected chi connectivity index (χ1v) is 2.69. The molecule has 10 heavy (non-hydrogen) atoms. The molecule has 0 bridgehead atoms. The zero-order chi connectivity index (χ0) is 6.10. The molecule has 0 saturated carbocycles. The third-order valence-electron chi connectivity index (χ3n) is 1.24. The second-order valence-corrected chi connectivity index (χ2v) is 1.83. The van der Waals surface area contributed by atoms with Gasteiger partial charge in [0.2, 0.25) is 0 Å². The topological polar surface area (TPSA) is 41.6 Å². The zero-order valence-electron chi connectivity index (χ0n) is 5.11. The molecule has 0 spiro atoms. The molecular formula is C6H6ClN3. The van der Waals surface area contributed by atoms with Gasteiger partial charge in [-0.25, -0.2) is 4.98 Å². The number of nitrogens with one attached hydrogen (secondary N) is 1. The van der Waals surface area contributed by atoms with Crippen molar-refractivity contribution in [3.63, 3.8) is 0 Å². The Bertz CT molecular complexity index is 253. The summed E-state index contributed by atoms with van der Waals surface area (Å²) >= 11 is 0. The van der Waals surface area contributed by atoms with Crippen LogP contribution in [0.5, 0.6) is 0 Å². The van der Waals surface area contributed by atoms with E-state index in [0.717, 1.165) is 11.3 Å². The maximum absolute atomic E-state index is 3.93. The summed E-state index contributed by atoms with van der Waals surface area (Å²) in [4.78, 5) is 10.8. The Morgan fingerprint density at radius 3 is 2.70 bits per heavy atom. The minimum atomic E-state index is 0. The van der Waals surface area contributed by atoms with Gasteiger partial charge in [0.15, 0.2) is 0 Å². The summed E-state index contributed by atoms with van der Waals surface area (Å²) in [5, 5.41) is 0. The molecule has 3 nitrogen and oxygen atoms in total. The van der Waals surface area contributed by atoms with Gasteiger partial charge < -0.3 is 4.98 Å². The second kappa shape index (κ2) is 2.66. The van der Waals surface area contributed by atoms with Crippen LogP contribution in [0.15, 0.2) is 24.9 Å². The van der Waals surface area contributed by atoms with Crippen molar-refractivity contribution in [1.82, 2.24) is 15.0 Å². The molecule has 0 amide bonds. The van der Waals surface area contributed by atoms with Crippen LogP contribution in [0.1, 0.15) is 0 Å². The van der Waals surface area contributed by atoms with Crippen molar-refractivity contribution in [2.75, 3.05) is 0 Å². The molecule has 0 fully saturated rings. The SMILES string of the molecule is Cl.c1ncc2cncc-2[nH]1. The Balaban J connectivity index is 0.000000500. The first-order valence-electron chi connectivity index (χ1n) is 2.69. The zero-order valence-corrected chi connectivity index (χ0v) is 5.93. The highest BCUT2D eigenvalue weighted by atomic mass is 35.5. The smallest absolute Gasteiger partial charge is 0.0923 e. The van der Waals surface area contributed by atoms with Crippen LogP contribution in [-0.4, -0.2) is 15.0 Å². The molecule has 0 aromatic carbocycles. The minimum absolute atomic E-state index is 0. The summed E-state index contributed by atoms with van der Waals surface area (Å²) < 4.78 is 0. The maximum atomic E-state index is 3.93. The van der Waals surface area contributed by atoms with Crippen LogP contribution in [0.4, 0.5) is 0 Å². The normalized spacial score (nSPS) is 9.20. The molecule has 2 rings (SSSR count). The van der Waals surface area contributed by atoms with Gasteiger partial charge in [0, 0.05) is 18.0 Å². The lowest BCUT2D eigenvalue weighted by atomic mass is 10.3. The molecule has 0 aromatic rings. The van der Waals surface area contributed by atoms with Crippen LogP contribution in [-0.2, 0) is 0 Å². The molecule has 0 atom stereocenters. The van der Waals surface area contributed by atoms with Crippen molar-refractivity contribution in [2.24, 2.45) is 0 Å². The van der Waals surface area contributed by atoms with Gasteiger partial charge in [-0.15, -0.1) is 12.4 Å². The lowest BCUT2D eigenvalue weighted by Crippen LogP contribution is -1.79. The molecule has 52 valence electrons. The van der Waals surface area contributed by atoms with Crippen molar-refractivity contribution >= 4 is 12.4 Å². The molecular weight excluding hydrogens is 150 g/mol. The molecule has 0 saturated heterocycles. The fourth-order valence-electron chi connectivity index (χ4n) is 0.784. The number of H-pyrrole nitrogens is 1. The third-order valence-corrected chi connectivity index (χ3v) is 1.24. The number of hydrogen-bond donors (Lipinski definition) is 1. The molecule has 2 heterocycles. The summed E-state index contributed by atoms with van der Waals surface area (Å²) in [6.45, 7) is 0. The first-order chi connectivity index (χ1) is 4.47. The van der Waals surface area contributed by atoms with E-state index >= 15 is 0 Å². The number of aromatic amines is 1. The summed E-state index contributed by atoms with van der Waals surface area (Å²) in [5.41, 5.74) is 2.09. The molecule has 2 aliphatic rings. The van der Waals surface area contributed by atoms with E-state index in [4.69, 9.17) is 0 Å². The second-order valence-electron chi connectivity index (χ2n) is 1.83. The summed E-state index contributed by atoms with van der Waals surface area (Å²) in [6, 6.07) is 0. The van der Waals surface area contributed by atoms with E-state index in [0.29, 0.717) is 0 Å². The number of rotatable bonds is 0. The van der Waals surface area contributed by atoms with E-state index in [-0.39, 0.29) is 12.4 Å². The monoisotopic (exact) mass is 155 g/mol. The highest BCUT2D eigenvalue weighted by Gasteiger charge is 1.98. The maximum Gasteiger partial charge on any atom is 0.0923 e. The van der Waals surface area contributed by atoms with E-state index in [1.54, 1.807) is 24.9 Å². The summed E-state index contributed by atoms with van der Waals surface area (Å²) in [7, 11) is 0. The molecule has 0 aliphatic carbocycles. The number of nitrogens with zero attached hydrogens (tertiary/aromatic N) is 2. The molecule has 4 heteroatoms. The van der Waals surface area contributed by atoms with Gasteiger partial charge in [-0.2, -0.15) is 0 Å². The highest BCUT2D eigenvalue weighted by Crippen LogP contribution is 2.13. The van der Waals surface area contributed by atoms with Crippen LogP contribution in [0.25, 0.3) is 11.3 Å². The molecule has 0 aromatic heterocycles. The molecule has 1 N–H and O–H groups in total. The lowest BCUT2D eigenvalue weighted by molar-refractivity contribution is 1.18. The van der Waals surface area contributed by atoms with Crippen molar-refractivity contribution < 1.29 is 0 Å². The Hall–Kier alpha value is -1.09. The van der Waals surface area contributed by atoms with E-state index in [9.17, 15) is 0 Å². The van der Waals surface area contributed by atoms with Gasteiger partial charge in [-0.05, 0) is 0 Å². The highest BCUT2D eigenvalue weighted by molar-refractivity contribution is 5.85. The van der Waals surface area contributed by atoms with E-state index in [2.05, 4.69) is 15.0 Å². The van der Waals surface area contributed by atoms with E-state index in [1.807, 2.05) is 0 Å². The van der Waals surface area contributed by atoms with Crippen LogP contribution in [0.2, 0.25) is 0 Å². The van der Waals surface area contributed by atoms with E-state index < -0.39 is 0 Å². The number of hydrogen-bond acceptors (Lipinski definition) is 2. The van der Waals surface area contributed by atoms with Crippen LogP contribution in [0, 0.1) is 0 Å². The summed E-state index contributed by atoms with van der Waals surface area (Å²) in [6.07, 6.45) is 6.97. The Kier molecular flexibility index (Phi) is 1.87. The fraction of sp³-hybridized carbons (Fsp3) is 0. The molecule has 0 unspecified atom stereocenters. The quantitative estimate of drug-likeness (QED) is 0.624. The van der Waals surface area contributed by atoms with Crippen molar-refractivity contribution in [2.45, 2.75) is 0 Å². The average Bonchev–Trinajstić information content (AvgIpc) is 2.33. The van der Waals surface area contributed by atoms with Gasteiger partial charge in [-0.1, -0.05) is 0 Å². The number of halogens is 1. The van der Waals surface area contributed by atoms with Gasteiger partial charge in [0.1, 0.15) is 0 Å². The largest absolute Gasteiger partial charge is 0.345 e. The van der Waals surface area contributed by atoms with Gasteiger partial charge >= 0.3 is 0 Å². The third kappa shape index (κ3) is 0.953. The predicted molar refractivity (Wildman–Crippen MR) is 40.3 cm³/mol. The number of aromatic nitrogens is 3. The Morgan fingerprint density at radius 1 is 1.10 bits per heavy atom. The minimum Gasteiger partial charge on any atom is -0.345 e. The Morgan fingerprint density at radius 2 is 1.90 bits per heavy atom. The first kappa shape index (κ1) is 7.02. The van der Waals surface area contributed by atoms with Gasteiger partial charge in [0.25, 0.3) is 0 Å². The van der Waals surface area contributed by atoms with Crippen LogP contribution < -0.4 is 0 Å². The molecule has 0 radical (unpaired) electrons. The summed E-state index contributed by atoms with van der Waals surface area (Å²) in [5.74, 6) is 0. The van der Waals surface area contributed by atoms with E-state index in [1.165, 1.54) is 0 Å². The van der Waals surface area contributed by atoms with Gasteiger partial charge in [0.05, 0.1) is 18.2 Å². The number of fused-ring (bicyclic) bond motifs is 1. The van der Waals surface area contributed by atoms with Crippen molar-refractivity contribution in [1.29, 1.82) is 0 Å². The van der Waals surface area contributed by atoms with Crippen LogP contribution >= 0.6 is 12.4 Å². The fourth-order valence-corrected chi connectivity index (χ4v) is 0.784. The van der Waals surface area contributed by atoms with Crippen molar-refractivity contribution in [3.05, 3.63) is 24.9 Å². The average molecular weight is 156 g/mol. The molecule has 2 aliphatic heterocycles.